The summed E-state index contributed by atoms with van der Waals surface area (Å²) in [7, 11) is 0. The molecular formula is C10H9ClO4. The number of benzene rings is 1. The Kier molecular flexibility index (Phi) is 3.00. The van der Waals surface area contributed by atoms with Crippen molar-refractivity contribution in [2.24, 2.45) is 0 Å². The number of carboxylic acids is 1. The Morgan fingerprint density at radius 3 is 2.33 bits per heavy atom. The zero-order valence-corrected chi connectivity index (χ0v) is 8.92. The summed E-state index contributed by atoms with van der Waals surface area (Å²) in [5.74, 6) is -3.25. The number of hydrogen-bond acceptors (Lipinski definition) is 3. The minimum absolute atomic E-state index is 0.0253. The maximum atomic E-state index is 11.3. The van der Waals surface area contributed by atoms with Gasteiger partial charge in [-0.25, -0.2) is 4.79 Å². The number of aliphatic carboxylic acids is 1. The second-order valence-corrected chi connectivity index (χ2v) is 3.57. The van der Waals surface area contributed by atoms with Crippen molar-refractivity contribution < 1.29 is 19.8 Å². The summed E-state index contributed by atoms with van der Waals surface area (Å²) in [5.41, 5.74) is 0.833. The molecule has 0 bridgehead atoms. The highest BCUT2D eigenvalue weighted by molar-refractivity contribution is 6.42. The van der Waals surface area contributed by atoms with E-state index in [0.29, 0.717) is 11.1 Å². The zero-order chi connectivity index (χ0) is 11.7. The van der Waals surface area contributed by atoms with E-state index in [1.165, 1.54) is 6.07 Å². The van der Waals surface area contributed by atoms with Crippen molar-refractivity contribution >= 4 is 23.4 Å². The van der Waals surface area contributed by atoms with Crippen molar-refractivity contribution in [3.8, 4) is 5.75 Å². The Morgan fingerprint density at radius 2 is 1.87 bits per heavy atom. The van der Waals surface area contributed by atoms with Crippen LogP contribution in [0.5, 0.6) is 5.75 Å². The van der Waals surface area contributed by atoms with Gasteiger partial charge in [0.1, 0.15) is 5.75 Å². The third-order valence-corrected chi connectivity index (χ3v) is 2.48. The summed E-state index contributed by atoms with van der Waals surface area (Å²) < 4.78 is 0. The zero-order valence-electron chi connectivity index (χ0n) is 8.17. The number of Topliss-reactive ketones (excluding diaryl/α,β-unsaturated/α-hetero) is 1. The highest BCUT2D eigenvalue weighted by atomic mass is 35.5. The molecule has 1 rings (SSSR count). The molecule has 0 aliphatic rings. The van der Waals surface area contributed by atoms with Crippen molar-refractivity contribution in [1.82, 2.24) is 0 Å². The SMILES string of the molecule is Cc1cc(Cl)c(O)c(C(=O)C(=O)O)c1C. The lowest BCUT2D eigenvalue weighted by molar-refractivity contribution is -0.131. The average molecular weight is 229 g/mol. The fourth-order valence-electron chi connectivity index (χ4n) is 1.25. The quantitative estimate of drug-likeness (QED) is 0.599. The Labute approximate surface area is 91.1 Å². The first-order valence-electron chi connectivity index (χ1n) is 4.12. The molecule has 5 heteroatoms. The number of halogens is 1. The van der Waals surface area contributed by atoms with E-state index in [0.717, 1.165) is 0 Å². The number of aromatic hydroxyl groups is 1. The molecule has 0 aromatic heterocycles. The fraction of sp³-hybridized carbons (Fsp3) is 0.200. The molecule has 0 aliphatic carbocycles. The van der Waals surface area contributed by atoms with Crippen molar-refractivity contribution in [2.45, 2.75) is 13.8 Å². The normalized spacial score (nSPS) is 10.1. The van der Waals surface area contributed by atoms with Gasteiger partial charge in [0.15, 0.2) is 0 Å². The monoisotopic (exact) mass is 228 g/mol. The van der Waals surface area contributed by atoms with Gasteiger partial charge in [-0.05, 0) is 31.0 Å². The summed E-state index contributed by atoms with van der Waals surface area (Å²) in [6.45, 7) is 3.24. The number of ketones is 1. The number of rotatable bonds is 2. The molecule has 0 saturated carbocycles. The van der Waals surface area contributed by atoms with Crippen LogP contribution in [0.2, 0.25) is 5.02 Å². The molecule has 2 N–H and O–H groups in total. The van der Waals surface area contributed by atoms with Gasteiger partial charge < -0.3 is 10.2 Å². The first-order chi connectivity index (χ1) is 6.86. The summed E-state index contributed by atoms with van der Waals surface area (Å²) >= 11 is 5.64. The number of hydrogen-bond donors (Lipinski definition) is 2. The van der Waals surface area contributed by atoms with Crippen LogP contribution in [0.15, 0.2) is 6.07 Å². The lowest BCUT2D eigenvalue weighted by Gasteiger charge is -2.09. The molecule has 0 spiro atoms. The number of phenolic OH excluding ortho intramolecular Hbond substituents is 1. The fourth-order valence-corrected chi connectivity index (χ4v) is 1.50. The van der Waals surface area contributed by atoms with Gasteiger partial charge in [0.05, 0.1) is 10.6 Å². The molecule has 0 amide bonds. The van der Waals surface area contributed by atoms with Gasteiger partial charge in [0, 0.05) is 0 Å². The third kappa shape index (κ3) is 1.94. The van der Waals surface area contributed by atoms with Crippen molar-refractivity contribution in [3.63, 3.8) is 0 Å². The molecule has 0 saturated heterocycles. The van der Waals surface area contributed by atoms with Gasteiger partial charge in [-0.3, -0.25) is 4.79 Å². The Hall–Kier alpha value is -1.55. The van der Waals surface area contributed by atoms with Gasteiger partial charge >= 0.3 is 5.97 Å². The maximum absolute atomic E-state index is 11.3. The highest BCUT2D eigenvalue weighted by Crippen LogP contribution is 2.32. The van der Waals surface area contributed by atoms with Crippen LogP contribution in [-0.4, -0.2) is 22.0 Å². The molecule has 1 aromatic carbocycles. The summed E-state index contributed by atoms with van der Waals surface area (Å²) in [6, 6.07) is 1.48. The summed E-state index contributed by atoms with van der Waals surface area (Å²) in [6.07, 6.45) is 0. The molecule has 0 heterocycles. The van der Waals surface area contributed by atoms with E-state index < -0.39 is 17.5 Å². The highest BCUT2D eigenvalue weighted by Gasteiger charge is 2.23. The molecule has 0 atom stereocenters. The molecule has 0 radical (unpaired) electrons. The van der Waals surface area contributed by atoms with Crippen molar-refractivity contribution in [1.29, 1.82) is 0 Å². The molecule has 0 fully saturated rings. The second kappa shape index (κ2) is 3.90. The summed E-state index contributed by atoms with van der Waals surface area (Å²) in [4.78, 5) is 21.8. The number of aryl methyl sites for hydroxylation is 1. The van der Waals surface area contributed by atoms with E-state index in [1.54, 1.807) is 13.8 Å². The van der Waals surface area contributed by atoms with E-state index in [4.69, 9.17) is 16.7 Å². The van der Waals surface area contributed by atoms with Crippen LogP contribution in [0.3, 0.4) is 0 Å². The standard InChI is InChI=1S/C10H9ClO4/c1-4-3-6(11)8(12)7(5(4)2)9(13)10(14)15/h3,12H,1-2H3,(H,14,15). The smallest absolute Gasteiger partial charge is 0.377 e. The largest absolute Gasteiger partial charge is 0.506 e. The minimum Gasteiger partial charge on any atom is -0.506 e. The van der Waals surface area contributed by atoms with E-state index in [9.17, 15) is 14.7 Å². The predicted octanol–water partition coefficient (Wildman–Crippen LogP) is 1.93. The Bertz CT molecular complexity index is 425. The van der Waals surface area contributed by atoms with Gasteiger partial charge in [-0.2, -0.15) is 0 Å². The molecule has 4 nitrogen and oxygen atoms in total. The molecule has 0 unspecified atom stereocenters. The van der Waals surface area contributed by atoms with Crippen LogP contribution in [0, 0.1) is 13.8 Å². The van der Waals surface area contributed by atoms with Crippen LogP contribution in [0.25, 0.3) is 0 Å². The van der Waals surface area contributed by atoms with Gasteiger partial charge in [0.25, 0.3) is 5.78 Å². The van der Waals surface area contributed by atoms with E-state index in [1.807, 2.05) is 0 Å². The van der Waals surface area contributed by atoms with Crippen LogP contribution in [0.4, 0.5) is 0 Å². The molecule has 15 heavy (non-hydrogen) atoms. The number of carbonyl (C=O) groups is 2. The maximum Gasteiger partial charge on any atom is 0.377 e. The van der Waals surface area contributed by atoms with Crippen LogP contribution < -0.4 is 0 Å². The second-order valence-electron chi connectivity index (χ2n) is 3.16. The lowest BCUT2D eigenvalue weighted by atomic mass is 9.99. The minimum atomic E-state index is -1.62. The molecule has 80 valence electrons. The number of carboxylic acid groups (broad SMARTS) is 1. The molecular weight excluding hydrogens is 220 g/mol. The predicted molar refractivity (Wildman–Crippen MR) is 54.6 cm³/mol. The van der Waals surface area contributed by atoms with Crippen LogP contribution in [-0.2, 0) is 4.79 Å². The lowest BCUT2D eigenvalue weighted by Crippen LogP contribution is -2.15. The summed E-state index contributed by atoms with van der Waals surface area (Å²) in [5, 5.41) is 18.0. The van der Waals surface area contributed by atoms with Crippen molar-refractivity contribution in [3.05, 3.63) is 27.8 Å². The first-order valence-corrected chi connectivity index (χ1v) is 4.50. The number of phenols is 1. The third-order valence-electron chi connectivity index (χ3n) is 2.19. The first kappa shape index (κ1) is 11.5. The number of carbonyl (C=O) groups excluding carboxylic acids is 1. The van der Waals surface area contributed by atoms with Gasteiger partial charge in [-0.15, -0.1) is 0 Å². The molecule has 1 aromatic rings. The van der Waals surface area contributed by atoms with Crippen molar-refractivity contribution in [2.75, 3.05) is 0 Å². The molecule has 0 aliphatic heterocycles. The van der Waals surface area contributed by atoms with E-state index >= 15 is 0 Å². The Morgan fingerprint density at radius 1 is 1.33 bits per heavy atom. The van der Waals surface area contributed by atoms with E-state index in [2.05, 4.69) is 0 Å². The van der Waals surface area contributed by atoms with Crippen LogP contribution in [0.1, 0.15) is 21.5 Å². The van der Waals surface area contributed by atoms with E-state index in [-0.39, 0.29) is 10.6 Å². The van der Waals surface area contributed by atoms with Crippen LogP contribution >= 0.6 is 11.6 Å². The Balaban J connectivity index is 3.53. The van der Waals surface area contributed by atoms with Gasteiger partial charge in [-0.1, -0.05) is 11.6 Å². The van der Waals surface area contributed by atoms with Gasteiger partial charge in [0.2, 0.25) is 0 Å². The topological polar surface area (TPSA) is 74.6 Å². The average Bonchev–Trinajstić information content (AvgIpc) is 2.15.